The number of ether oxygens (including phenoxy) is 1. The Morgan fingerprint density at radius 3 is 2.86 bits per heavy atom. The number of hydrogen-bond acceptors (Lipinski definition) is 5. The Hall–Kier alpha value is -2.05. The Labute approximate surface area is 128 Å². The first kappa shape index (κ1) is 13.9. The van der Waals surface area contributed by atoms with Gasteiger partial charge >= 0.3 is 5.97 Å². The maximum absolute atomic E-state index is 13.4. The van der Waals surface area contributed by atoms with E-state index < -0.39 is 5.97 Å². The van der Waals surface area contributed by atoms with Crippen LogP contribution >= 0.6 is 22.7 Å². The monoisotopic (exact) mass is 319 g/mol. The van der Waals surface area contributed by atoms with Crippen molar-refractivity contribution in [1.29, 1.82) is 0 Å². The normalized spacial score (nSPS) is 10.5. The molecule has 21 heavy (non-hydrogen) atoms. The summed E-state index contributed by atoms with van der Waals surface area (Å²) in [5, 5.41) is 6.34. The fourth-order valence-electron chi connectivity index (χ4n) is 1.72. The van der Waals surface area contributed by atoms with Crippen molar-refractivity contribution in [1.82, 2.24) is 4.98 Å². The largest absolute Gasteiger partial charge is 0.456 e. The van der Waals surface area contributed by atoms with Crippen molar-refractivity contribution in [3.63, 3.8) is 0 Å². The topological polar surface area (TPSA) is 39.2 Å². The average molecular weight is 319 g/mol. The van der Waals surface area contributed by atoms with E-state index in [1.165, 1.54) is 17.4 Å². The van der Waals surface area contributed by atoms with Crippen LogP contribution in [0.1, 0.15) is 16.1 Å². The number of aromatic nitrogens is 1. The van der Waals surface area contributed by atoms with Gasteiger partial charge < -0.3 is 4.74 Å². The number of hydrogen-bond donors (Lipinski definition) is 0. The molecule has 0 spiro atoms. The zero-order chi connectivity index (χ0) is 14.7. The molecule has 106 valence electrons. The van der Waals surface area contributed by atoms with Crippen molar-refractivity contribution in [2.75, 3.05) is 0 Å². The number of rotatable bonds is 4. The molecule has 0 aliphatic heterocycles. The molecule has 0 fully saturated rings. The highest BCUT2D eigenvalue weighted by molar-refractivity contribution is 7.14. The fourth-order valence-corrected chi connectivity index (χ4v) is 3.22. The summed E-state index contributed by atoms with van der Waals surface area (Å²) in [5.41, 5.74) is 1.58. The third kappa shape index (κ3) is 3.17. The minimum atomic E-state index is -0.545. The van der Waals surface area contributed by atoms with Crippen molar-refractivity contribution in [3.05, 3.63) is 63.5 Å². The number of thiophene rings is 1. The van der Waals surface area contributed by atoms with E-state index in [1.54, 1.807) is 34.9 Å². The van der Waals surface area contributed by atoms with Crippen molar-refractivity contribution >= 4 is 28.6 Å². The molecule has 0 saturated heterocycles. The lowest BCUT2D eigenvalue weighted by atomic mass is 10.2. The number of thiazole rings is 1. The molecule has 0 aliphatic carbocycles. The first-order valence-electron chi connectivity index (χ1n) is 6.12. The van der Waals surface area contributed by atoms with Crippen LogP contribution < -0.4 is 0 Å². The van der Waals surface area contributed by atoms with Gasteiger partial charge in [-0.15, -0.1) is 11.3 Å². The molecule has 0 unspecified atom stereocenters. The quantitative estimate of drug-likeness (QED) is 0.670. The summed E-state index contributed by atoms with van der Waals surface area (Å²) in [4.78, 5) is 16.2. The molecule has 3 rings (SSSR count). The van der Waals surface area contributed by atoms with Crippen LogP contribution in [0.3, 0.4) is 0 Å². The SMILES string of the molecule is O=C(OCc1ccccc1F)c1csc(-c2ccsc2)n1. The third-order valence-electron chi connectivity index (χ3n) is 2.80. The number of nitrogens with zero attached hydrogens (tertiary/aromatic N) is 1. The van der Waals surface area contributed by atoms with Crippen LogP contribution in [0.5, 0.6) is 0 Å². The number of esters is 1. The van der Waals surface area contributed by atoms with Gasteiger partial charge in [0.2, 0.25) is 0 Å². The molecule has 0 N–H and O–H groups in total. The number of halogens is 1. The van der Waals surface area contributed by atoms with Gasteiger partial charge in [-0.3, -0.25) is 0 Å². The van der Waals surface area contributed by atoms with Crippen molar-refractivity contribution in [2.24, 2.45) is 0 Å². The lowest BCUT2D eigenvalue weighted by Crippen LogP contribution is -2.06. The first-order valence-corrected chi connectivity index (χ1v) is 7.95. The predicted molar refractivity (Wildman–Crippen MR) is 80.9 cm³/mol. The van der Waals surface area contributed by atoms with Gasteiger partial charge in [0.1, 0.15) is 17.4 Å². The number of carbonyl (C=O) groups excluding carboxylic acids is 1. The highest BCUT2D eigenvalue weighted by Crippen LogP contribution is 2.26. The Kier molecular flexibility index (Phi) is 4.08. The van der Waals surface area contributed by atoms with E-state index in [1.807, 2.05) is 16.8 Å². The molecule has 0 saturated carbocycles. The van der Waals surface area contributed by atoms with Gasteiger partial charge in [-0.25, -0.2) is 14.2 Å². The molecule has 6 heteroatoms. The first-order chi connectivity index (χ1) is 10.2. The summed E-state index contributed by atoms with van der Waals surface area (Å²) in [6.45, 7) is -0.100. The Morgan fingerprint density at radius 2 is 2.10 bits per heavy atom. The van der Waals surface area contributed by atoms with E-state index in [-0.39, 0.29) is 18.1 Å². The number of carbonyl (C=O) groups is 1. The molecule has 2 aromatic heterocycles. The van der Waals surface area contributed by atoms with Crippen LogP contribution in [0, 0.1) is 5.82 Å². The summed E-state index contributed by atoms with van der Waals surface area (Å²) in [6.07, 6.45) is 0. The van der Waals surface area contributed by atoms with Crippen LogP contribution in [0.15, 0.2) is 46.5 Å². The molecular weight excluding hydrogens is 309 g/mol. The summed E-state index contributed by atoms with van der Waals surface area (Å²) < 4.78 is 18.5. The van der Waals surface area contributed by atoms with Gasteiger partial charge in [0.25, 0.3) is 0 Å². The fraction of sp³-hybridized carbons (Fsp3) is 0.0667. The van der Waals surface area contributed by atoms with Crippen LogP contribution in [0.25, 0.3) is 10.6 Å². The van der Waals surface area contributed by atoms with Gasteiger partial charge in [-0.1, -0.05) is 18.2 Å². The molecule has 2 heterocycles. The Bertz CT molecular complexity index is 753. The van der Waals surface area contributed by atoms with Crippen LogP contribution in [-0.2, 0) is 11.3 Å². The van der Waals surface area contributed by atoms with Gasteiger partial charge in [-0.05, 0) is 17.5 Å². The maximum atomic E-state index is 13.4. The van der Waals surface area contributed by atoms with Gasteiger partial charge in [0.15, 0.2) is 5.69 Å². The Morgan fingerprint density at radius 1 is 1.24 bits per heavy atom. The second kappa shape index (κ2) is 6.15. The summed E-state index contributed by atoms with van der Waals surface area (Å²) in [6, 6.07) is 8.15. The summed E-state index contributed by atoms with van der Waals surface area (Å²) in [7, 11) is 0. The van der Waals surface area contributed by atoms with Crippen LogP contribution in [0.4, 0.5) is 4.39 Å². The van der Waals surface area contributed by atoms with E-state index in [4.69, 9.17) is 4.74 Å². The standard InChI is InChI=1S/C15H10FNO2S2/c16-12-4-2-1-3-10(12)7-19-15(18)13-9-21-14(17-13)11-5-6-20-8-11/h1-6,8-9H,7H2. The highest BCUT2D eigenvalue weighted by atomic mass is 32.1. The number of benzene rings is 1. The molecule has 1 aromatic carbocycles. The zero-order valence-electron chi connectivity index (χ0n) is 10.8. The smallest absolute Gasteiger partial charge is 0.358 e. The minimum Gasteiger partial charge on any atom is -0.456 e. The van der Waals surface area contributed by atoms with Crippen molar-refractivity contribution < 1.29 is 13.9 Å². The minimum absolute atomic E-state index is 0.100. The lowest BCUT2D eigenvalue weighted by Gasteiger charge is -2.03. The van der Waals surface area contributed by atoms with E-state index >= 15 is 0 Å². The molecule has 0 radical (unpaired) electrons. The summed E-state index contributed by atoms with van der Waals surface area (Å²) in [5.74, 6) is -0.932. The van der Waals surface area contributed by atoms with Gasteiger partial charge in [0.05, 0.1) is 0 Å². The van der Waals surface area contributed by atoms with Gasteiger partial charge in [0, 0.05) is 21.9 Å². The predicted octanol–water partition coefficient (Wildman–Crippen LogP) is 4.37. The van der Waals surface area contributed by atoms with E-state index in [0.717, 1.165) is 10.6 Å². The van der Waals surface area contributed by atoms with Crippen LogP contribution in [0.2, 0.25) is 0 Å². The zero-order valence-corrected chi connectivity index (χ0v) is 12.4. The van der Waals surface area contributed by atoms with E-state index in [0.29, 0.717) is 5.56 Å². The van der Waals surface area contributed by atoms with Gasteiger partial charge in [-0.2, -0.15) is 11.3 Å². The molecule has 0 amide bonds. The van der Waals surface area contributed by atoms with E-state index in [2.05, 4.69) is 4.98 Å². The van der Waals surface area contributed by atoms with Crippen molar-refractivity contribution in [3.8, 4) is 10.6 Å². The Balaban J connectivity index is 1.68. The highest BCUT2D eigenvalue weighted by Gasteiger charge is 2.14. The van der Waals surface area contributed by atoms with Crippen LogP contribution in [-0.4, -0.2) is 11.0 Å². The second-order valence-corrected chi connectivity index (χ2v) is 5.86. The molecule has 0 aliphatic rings. The van der Waals surface area contributed by atoms with E-state index in [9.17, 15) is 9.18 Å². The lowest BCUT2D eigenvalue weighted by molar-refractivity contribution is 0.0463. The second-order valence-electron chi connectivity index (χ2n) is 4.22. The average Bonchev–Trinajstić information content (AvgIpc) is 3.16. The molecule has 0 bridgehead atoms. The molecule has 3 aromatic rings. The molecular formula is C15H10FNO2S2. The third-order valence-corrected chi connectivity index (χ3v) is 4.37. The van der Waals surface area contributed by atoms with Crippen molar-refractivity contribution in [2.45, 2.75) is 6.61 Å². The molecule has 3 nitrogen and oxygen atoms in total. The maximum Gasteiger partial charge on any atom is 0.358 e. The molecule has 0 atom stereocenters. The summed E-state index contributed by atoms with van der Waals surface area (Å²) >= 11 is 2.95.